The monoisotopic (exact) mass is 443 g/mol. The highest BCUT2D eigenvalue weighted by Gasteiger charge is 2.16. The Morgan fingerprint density at radius 1 is 1.23 bits per heavy atom. The number of nitrogens with one attached hydrogen (secondary N) is 2. The van der Waals surface area contributed by atoms with Crippen molar-refractivity contribution < 1.29 is 23.8 Å². The molecule has 8 nitrogen and oxygen atoms in total. The summed E-state index contributed by atoms with van der Waals surface area (Å²) in [5.41, 5.74) is 3.33. The van der Waals surface area contributed by atoms with Crippen LogP contribution in [0, 0.1) is 12.3 Å². The highest BCUT2D eigenvalue weighted by atomic mass is 35.5. The van der Waals surface area contributed by atoms with Crippen molar-refractivity contribution in [3.05, 3.63) is 52.5 Å². The Balaban J connectivity index is 1.97. The zero-order valence-corrected chi connectivity index (χ0v) is 18.0. The van der Waals surface area contributed by atoms with E-state index in [1.54, 1.807) is 43.3 Å². The lowest BCUT2D eigenvalue weighted by Gasteiger charge is -2.13. The van der Waals surface area contributed by atoms with Gasteiger partial charge in [-0.1, -0.05) is 17.5 Å². The first-order valence-corrected chi connectivity index (χ1v) is 9.49. The smallest absolute Gasteiger partial charge is 0.262 e. The average Bonchev–Trinajstić information content (AvgIpc) is 2.77. The van der Waals surface area contributed by atoms with Gasteiger partial charge in [0.2, 0.25) is 0 Å². The maximum absolute atomic E-state index is 12.2. The molecule has 9 heteroatoms. The van der Waals surface area contributed by atoms with Gasteiger partial charge >= 0.3 is 0 Å². The van der Waals surface area contributed by atoms with Gasteiger partial charge in [-0.3, -0.25) is 9.59 Å². The Kier molecular flexibility index (Phi) is 8.73. The minimum absolute atomic E-state index is 0.0414. The standard InChI is InChI=1S/C22H22ClN3O5/c1-5-10-31-20-18(23)11-15(12-19(20)30-4)13-24-26-21(27)14(2)25-22(28)16-6-8-17(29-3)9-7-16/h1,6-9,11-14H,10H2,2-4H3,(H,25,28)(H,26,27). The second-order valence-corrected chi connectivity index (χ2v) is 6.59. The number of benzene rings is 2. The van der Waals surface area contributed by atoms with E-state index in [4.69, 9.17) is 32.2 Å². The maximum Gasteiger partial charge on any atom is 0.262 e. The zero-order chi connectivity index (χ0) is 22.8. The molecule has 0 aliphatic heterocycles. The van der Waals surface area contributed by atoms with Gasteiger partial charge in [0.05, 0.1) is 25.5 Å². The molecule has 0 aromatic heterocycles. The van der Waals surface area contributed by atoms with Gasteiger partial charge in [-0.05, 0) is 48.9 Å². The second kappa shape index (κ2) is 11.5. The Morgan fingerprint density at radius 3 is 2.55 bits per heavy atom. The normalized spacial score (nSPS) is 11.3. The van der Waals surface area contributed by atoms with Crippen molar-refractivity contribution in [2.45, 2.75) is 13.0 Å². The predicted octanol–water partition coefficient (Wildman–Crippen LogP) is 2.64. The van der Waals surface area contributed by atoms with E-state index in [0.717, 1.165) is 0 Å². The van der Waals surface area contributed by atoms with Gasteiger partial charge in [-0.15, -0.1) is 6.42 Å². The number of carbonyl (C=O) groups excluding carboxylic acids is 2. The number of methoxy groups -OCH3 is 2. The summed E-state index contributed by atoms with van der Waals surface area (Å²) >= 11 is 6.20. The van der Waals surface area contributed by atoms with Crippen LogP contribution in [0.1, 0.15) is 22.8 Å². The minimum Gasteiger partial charge on any atom is -0.497 e. The summed E-state index contributed by atoms with van der Waals surface area (Å²) in [4.78, 5) is 24.5. The number of rotatable bonds is 9. The lowest BCUT2D eigenvalue weighted by Crippen LogP contribution is -2.43. The van der Waals surface area contributed by atoms with Crippen LogP contribution in [0.2, 0.25) is 5.02 Å². The van der Waals surface area contributed by atoms with Crippen molar-refractivity contribution in [1.29, 1.82) is 0 Å². The number of ether oxygens (including phenoxy) is 3. The maximum atomic E-state index is 12.2. The fourth-order valence-corrected chi connectivity index (χ4v) is 2.70. The first-order valence-electron chi connectivity index (χ1n) is 9.11. The lowest BCUT2D eigenvalue weighted by atomic mass is 10.2. The number of hydrazone groups is 1. The van der Waals surface area contributed by atoms with Crippen molar-refractivity contribution in [2.75, 3.05) is 20.8 Å². The van der Waals surface area contributed by atoms with Gasteiger partial charge in [0.15, 0.2) is 11.5 Å². The van der Waals surface area contributed by atoms with E-state index in [2.05, 4.69) is 21.8 Å². The Bertz CT molecular complexity index is 999. The summed E-state index contributed by atoms with van der Waals surface area (Å²) < 4.78 is 15.7. The van der Waals surface area contributed by atoms with E-state index in [9.17, 15) is 9.59 Å². The SMILES string of the molecule is C#CCOc1c(Cl)cc(C=NNC(=O)C(C)NC(=O)c2ccc(OC)cc2)cc1OC. The van der Waals surface area contributed by atoms with Crippen molar-refractivity contribution >= 4 is 29.6 Å². The molecule has 2 amide bonds. The summed E-state index contributed by atoms with van der Waals surface area (Å²) in [5, 5.41) is 6.77. The van der Waals surface area contributed by atoms with E-state index in [0.29, 0.717) is 28.4 Å². The molecule has 2 aromatic rings. The lowest BCUT2D eigenvalue weighted by molar-refractivity contribution is -0.122. The Labute approximate surface area is 185 Å². The molecule has 31 heavy (non-hydrogen) atoms. The molecule has 0 aliphatic rings. The van der Waals surface area contributed by atoms with Gasteiger partial charge in [-0.2, -0.15) is 5.10 Å². The Hall–Kier alpha value is -3.70. The fourth-order valence-electron chi connectivity index (χ4n) is 2.42. The third-order valence-electron chi connectivity index (χ3n) is 4.03. The molecule has 0 heterocycles. The van der Waals surface area contributed by atoms with Gasteiger partial charge < -0.3 is 19.5 Å². The van der Waals surface area contributed by atoms with Crippen LogP contribution in [0.5, 0.6) is 17.2 Å². The first-order chi connectivity index (χ1) is 14.9. The quantitative estimate of drug-likeness (QED) is 0.352. The largest absolute Gasteiger partial charge is 0.497 e. The summed E-state index contributed by atoms with van der Waals surface area (Å²) in [5.74, 6) is 2.78. The topological polar surface area (TPSA) is 98.2 Å². The first kappa shape index (κ1) is 23.6. The average molecular weight is 444 g/mol. The molecule has 2 N–H and O–H groups in total. The van der Waals surface area contributed by atoms with Gasteiger partial charge in [0.1, 0.15) is 18.4 Å². The van der Waals surface area contributed by atoms with Crippen LogP contribution in [0.3, 0.4) is 0 Å². The zero-order valence-electron chi connectivity index (χ0n) is 17.3. The van der Waals surface area contributed by atoms with Gasteiger partial charge in [-0.25, -0.2) is 5.43 Å². The second-order valence-electron chi connectivity index (χ2n) is 6.18. The van der Waals surface area contributed by atoms with Crippen LogP contribution in [0.4, 0.5) is 0 Å². The molecule has 0 aliphatic carbocycles. The van der Waals surface area contributed by atoms with Crippen molar-refractivity contribution in [3.63, 3.8) is 0 Å². The Morgan fingerprint density at radius 2 is 1.94 bits per heavy atom. The highest BCUT2D eigenvalue weighted by Crippen LogP contribution is 2.35. The van der Waals surface area contributed by atoms with Gasteiger partial charge in [0.25, 0.3) is 11.8 Å². The molecule has 1 atom stereocenters. The number of hydrogen-bond donors (Lipinski definition) is 2. The number of terminal acetylenes is 1. The molecule has 2 rings (SSSR count). The van der Waals surface area contributed by atoms with Crippen LogP contribution >= 0.6 is 11.6 Å². The molecule has 2 aromatic carbocycles. The molecular weight excluding hydrogens is 422 g/mol. The van der Waals surface area contributed by atoms with Crippen LogP contribution in [0.15, 0.2) is 41.5 Å². The van der Waals surface area contributed by atoms with Crippen molar-refractivity contribution in [3.8, 4) is 29.6 Å². The van der Waals surface area contributed by atoms with E-state index in [1.165, 1.54) is 20.4 Å². The van der Waals surface area contributed by atoms with Crippen LogP contribution < -0.4 is 25.0 Å². The number of nitrogens with zero attached hydrogens (tertiary/aromatic N) is 1. The van der Waals surface area contributed by atoms with E-state index < -0.39 is 17.9 Å². The molecule has 162 valence electrons. The number of hydrogen-bond acceptors (Lipinski definition) is 6. The van der Waals surface area contributed by atoms with E-state index >= 15 is 0 Å². The number of halogens is 1. The minimum atomic E-state index is -0.815. The fraction of sp³-hybridized carbons (Fsp3) is 0.227. The third-order valence-corrected chi connectivity index (χ3v) is 4.31. The third kappa shape index (κ3) is 6.66. The molecular formula is C22H22ClN3O5. The predicted molar refractivity (Wildman–Crippen MR) is 118 cm³/mol. The molecule has 0 fully saturated rings. The van der Waals surface area contributed by atoms with Crippen LogP contribution in [-0.2, 0) is 4.79 Å². The molecule has 0 saturated carbocycles. The van der Waals surface area contributed by atoms with E-state index in [1.807, 2.05) is 0 Å². The number of carbonyl (C=O) groups is 2. The summed E-state index contributed by atoms with van der Waals surface area (Å²) in [6.07, 6.45) is 6.57. The molecule has 0 radical (unpaired) electrons. The summed E-state index contributed by atoms with van der Waals surface area (Å²) in [6.45, 7) is 1.59. The molecule has 0 spiro atoms. The number of amides is 2. The van der Waals surface area contributed by atoms with E-state index in [-0.39, 0.29) is 11.6 Å². The molecule has 0 saturated heterocycles. The van der Waals surface area contributed by atoms with Crippen LogP contribution in [-0.4, -0.2) is 44.9 Å². The molecule has 1 unspecified atom stereocenters. The van der Waals surface area contributed by atoms with Crippen LogP contribution in [0.25, 0.3) is 0 Å². The van der Waals surface area contributed by atoms with Gasteiger partial charge in [0, 0.05) is 5.56 Å². The highest BCUT2D eigenvalue weighted by molar-refractivity contribution is 6.32. The van der Waals surface area contributed by atoms with Crippen molar-refractivity contribution in [1.82, 2.24) is 10.7 Å². The van der Waals surface area contributed by atoms with Crippen molar-refractivity contribution in [2.24, 2.45) is 5.10 Å². The summed E-state index contributed by atoms with van der Waals surface area (Å²) in [6, 6.07) is 8.92. The molecule has 0 bridgehead atoms. The summed E-state index contributed by atoms with van der Waals surface area (Å²) in [7, 11) is 3.00.